The molecule has 3 rings (SSSR count). The number of hydrogen-bond acceptors (Lipinski definition) is 3. The molecule has 1 aromatic carbocycles. The summed E-state index contributed by atoms with van der Waals surface area (Å²) in [7, 11) is 0. The van der Waals surface area contributed by atoms with Crippen LogP contribution in [0.1, 0.15) is 48.8 Å². The SMILES string of the molecule is Cc1ccc(CCC(=O)N[C@@H](C2CCNCC2)C2CC(O)C2)cc1C. The van der Waals surface area contributed by atoms with Crippen molar-refractivity contribution in [2.75, 3.05) is 13.1 Å². The lowest BCUT2D eigenvalue weighted by molar-refractivity contribution is -0.123. The summed E-state index contributed by atoms with van der Waals surface area (Å²) in [6, 6.07) is 6.69. The van der Waals surface area contributed by atoms with Gasteiger partial charge in [-0.25, -0.2) is 0 Å². The molecule has 25 heavy (non-hydrogen) atoms. The molecule has 2 fully saturated rings. The Bertz CT molecular complexity index is 590. The number of nitrogens with one attached hydrogen (secondary N) is 2. The largest absolute Gasteiger partial charge is 0.393 e. The molecule has 1 amide bonds. The number of hydrogen-bond donors (Lipinski definition) is 3. The van der Waals surface area contributed by atoms with Gasteiger partial charge in [0, 0.05) is 12.5 Å². The molecule has 1 aliphatic heterocycles. The minimum atomic E-state index is -0.165. The Morgan fingerprint density at radius 2 is 1.92 bits per heavy atom. The minimum Gasteiger partial charge on any atom is -0.393 e. The van der Waals surface area contributed by atoms with E-state index in [0.717, 1.165) is 45.2 Å². The number of benzene rings is 1. The molecule has 0 spiro atoms. The van der Waals surface area contributed by atoms with E-state index in [-0.39, 0.29) is 18.1 Å². The van der Waals surface area contributed by atoms with Gasteiger partial charge in [-0.05, 0) is 87.6 Å². The molecule has 1 aromatic rings. The molecule has 1 aliphatic carbocycles. The fourth-order valence-electron chi connectivity index (χ4n) is 4.22. The lowest BCUT2D eigenvalue weighted by Crippen LogP contribution is -2.52. The first-order chi connectivity index (χ1) is 12.0. The van der Waals surface area contributed by atoms with Crippen LogP contribution in [0.25, 0.3) is 0 Å². The zero-order valence-corrected chi connectivity index (χ0v) is 15.6. The molecule has 0 radical (unpaired) electrons. The number of aliphatic hydroxyl groups excluding tert-OH is 1. The number of carbonyl (C=O) groups is 1. The number of rotatable bonds is 6. The van der Waals surface area contributed by atoms with Crippen LogP contribution in [0.2, 0.25) is 0 Å². The van der Waals surface area contributed by atoms with Gasteiger partial charge in [-0.15, -0.1) is 0 Å². The summed E-state index contributed by atoms with van der Waals surface area (Å²) < 4.78 is 0. The van der Waals surface area contributed by atoms with E-state index >= 15 is 0 Å². The standard InChI is InChI=1S/C21H32N2O2/c1-14-3-4-16(11-15(14)2)5-6-20(25)23-21(18-12-19(24)13-18)17-7-9-22-10-8-17/h3-4,11,17-19,21-22,24H,5-10,12-13H2,1-2H3,(H,23,25)/t18?,19?,21-/m0/s1. The Morgan fingerprint density at radius 1 is 1.20 bits per heavy atom. The number of amides is 1. The van der Waals surface area contributed by atoms with Crippen LogP contribution in [-0.2, 0) is 11.2 Å². The van der Waals surface area contributed by atoms with E-state index in [9.17, 15) is 9.90 Å². The van der Waals surface area contributed by atoms with Crippen LogP contribution >= 0.6 is 0 Å². The van der Waals surface area contributed by atoms with Crippen molar-refractivity contribution in [3.8, 4) is 0 Å². The average molecular weight is 344 g/mol. The van der Waals surface area contributed by atoms with E-state index in [0.29, 0.717) is 18.3 Å². The van der Waals surface area contributed by atoms with Crippen LogP contribution in [0.3, 0.4) is 0 Å². The molecule has 2 aliphatic rings. The van der Waals surface area contributed by atoms with E-state index in [4.69, 9.17) is 0 Å². The highest BCUT2D eigenvalue weighted by atomic mass is 16.3. The smallest absolute Gasteiger partial charge is 0.220 e. The van der Waals surface area contributed by atoms with Crippen molar-refractivity contribution >= 4 is 5.91 Å². The molecule has 138 valence electrons. The Hall–Kier alpha value is -1.39. The molecule has 4 heteroatoms. The molecular formula is C21H32N2O2. The van der Waals surface area contributed by atoms with E-state index in [1.807, 2.05) is 0 Å². The van der Waals surface area contributed by atoms with Crippen LogP contribution in [0.5, 0.6) is 0 Å². The third-order valence-electron chi connectivity index (χ3n) is 6.09. The highest BCUT2D eigenvalue weighted by molar-refractivity contribution is 5.76. The lowest BCUT2D eigenvalue weighted by Gasteiger charge is -2.43. The first kappa shape index (κ1) is 18.4. The number of carbonyl (C=O) groups excluding carboxylic acids is 1. The topological polar surface area (TPSA) is 61.4 Å². The van der Waals surface area contributed by atoms with Crippen molar-refractivity contribution in [3.63, 3.8) is 0 Å². The molecule has 1 saturated carbocycles. The first-order valence-corrected chi connectivity index (χ1v) is 9.77. The Balaban J connectivity index is 1.54. The molecular weight excluding hydrogens is 312 g/mol. The number of aliphatic hydroxyl groups is 1. The summed E-state index contributed by atoms with van der Waals surface area (Å²) in [6.45, 7) is 6.31. The molecule has 4 nitrogen and oxygen atoms in total. The van der Waals surface area contributed by atoms with Gasteiger partial charge in [0.15, 0.2) is 0 Å². The molecule has 1 saturated heterocycles. The quantitative estimate of drug-likeness (QED) is 0.743. The highest BCUT2D eigenvalue weighted by Crippen LogP contribution is 2.35. The molecule has 1 atom stereocenters. The van der Waals surface area contributed by atoms with E-state index in [1.165, 1.54) is 16.7 Å². The van der Waals surface area contributed by atoms with Crippen molar-refractivity contribution in [1.29, 1.82) is 0 Å². The van der Waals surface area contributed by atoms with Crippen molar-refractivity contribution in [3.05, 3.63) is 34.9 Å². The van der Waals surface area contributed by atoms with Crippen molar-refractivity contribution < 1.29 is 9.90 Å². The second-order valence-electron chi connectivity index (χ2n) is 7.98. The third kappa shape index (κ3) is 4.83. The molecule has 0 bridgehead atoms. The lowest BCUT2D eigenvalue weighted by atomic mass is 9.71. The maximum Gasteiger partial charge on any atom is 0.220 e. The number of piperidine rings is 1. The van der Waals surface area contributed by atoms with Gasteiger partial charge in [0.05, 0.1) is 6.10 Å². The highest BCUT2D eigenvalue weighted by Gasteiger charge is 2.38. The van der Waals surface area contributed by atoms with Gasteiger partial charge < -0.3 is 15.7 Å². The van der Waals surface area contributed by atoms with Crippen molar-refractivity contribution in [2.45, 2.75) is 64.5 Å². The molecule has 1 heterocycles. The zero-order valence-electron chi connectivity index (χ0n) is 15.6. The van der Waals surface area contributed by atoms with Crippen LogP contribution in [-0.4, -0.2) is 36.2 Å². The predicted octanol–water partition coefficient (Wildman–Crippen LogP) is 2.49. The van der Waals surface area contributed by atoms with Gasteiger partial charge in [0.1, 0.15) is 0 Å². The summed E-state index contributed by atoms with van der Waals surface area (Å²) in [5.41, 5.74) is 3.81. The van der Waals surface area contributed by atoms with Gasteiger partial charge in [-0.2, -0.15) is 0 Å². The molecule has 0 unspecified atom stereocenters. The maximum atomic E-state index is 12.6. The van der Waals surface area contributed by atoms with Crippen LogP contribution < -0.4 is 10.6 Å². The van der Waals surface area contributed by atoms with E-state index < -0.39 is 0 Å². The predicted molar refractivity (Wildman–Crippen MR) is 100 cm³/mol. The van der Waals surface area contributed by atoms with Gasteiger partial charge in [-0.3, -0.25) is 4.79 Å². The fraction of sp³-hybridized carbons (Fsp3) is 0.667. The summed E-state index contributed by atoms with van der Waals surface area (Å²) in [5, 5.41) is 16.4. The van der Waals surface area contributed by atoms with E-state index in [2.05, 4.69) is 42.7 Å². The van der Waals surface area contributed by atoms with Crippen molar-refractivity contribution in [1.82, 2.24) is 10.6 Å². The Labute approximate surface area is 151 Å². The Kier molecular flexibility index (Phi) is 6.13. The van der Waals surface area contributed by atoms with Gasteiger partial charge in [0.25, 0.3) is 0 Å². The average Bonchev–Trinajstić information content (AvgIpc) is 2.59. The number of aryl methyl sites for hydroxylation is 3. The van der Waals surface area contributed by atoms with Gasteiger partial charge in [-0.1, -0.05) is 18.2 Å². The summed E-state index contributed by atoms with van der Waals surface area (Å²) >= 11 is 0. The second-order valence-corrected chi connectivity index (χ2v) is 7.98. The van der Waals surface area contributed by atoms with Crippen LogP contribution in [0, 0.1) is 25.7 Å². The molecule has 3 N–H and O–H groups in total. The summed E-state index contributed by atoms with van der Waals surface area (Å²) in [6.07, 6.45) is 5.08. The zero-order chi connectivity index (χ0) is 17.8. The van der Waals surface area contributed by atoms with Crippen molar-refractivity contribution in [2.24, 2.45) is 11.8 Å². The van der Waals surface area contributed by atoms with Crippen LogP contribution in [0.4, 0.5) is 0 Å². The third-order valence-corrected chi connectivity index (χ3v) is 6.09. The summed E-state index contributed by atoms with van der Waals surface area (Å²) in [5.74, 6) is 1.15. The second kappa shape index (κ2) is 8.33. The van der Waals surface area contributed by atoms with Gasteiger partial charge >= 0.3 is 0 Å². The molecule has 0 aromatic heterocycles. The summed E-state index contributed by atoms with van der Waals surface area (Å²) in [4.78, 5) is 12.6. The minimum absolute atomic E-state index is 0.156. The van der Waals surface area contributed by atoms with Gasteiger partial charge in [0.2, 0.25) is 5.91 Å². The Morgan fingerprint density at radius 3 is 2.56 bits per heavy atom. The first-order valence-electron chi connectivity index (χ1n) is 9.77. The monoisotopic (exact) mass is 344 g/mol. The fourth-order valence-corrected chi connectivity index (χ4v) is 4.22. The maximum absolute atomic E-state index is 12.6. The van der Waals surface area contributed by atoms with E-state index in [1.54, 1.807) is 0 Å². The normalized spacial score (nSPS) is 25.2. The van der Waals surface area contributed by atoms with Crippen LogP contribution in [0.15, 0.2) is 18.2 Å².